The first-order valence-corrected chi connectivity index (χ1v) is 9.25. The monoisotopic (exact) mass is 289 g/mol. The average molecular weight is 289 g/mol. The lowest BCUT2D eigenvalue weighted by atomic mass is 10.2. The summed E-state index contributed by atoms with van der Waals surface area (Å²) in [5.74, 6) is 0.298. The Labute approximate surface area is 107 Å². The molecule has 0 radical (unpaired) electrons. The second kappa shape index (κ2) is 4.55. The Balaban J connectivity index is 2.16. The van der Waals surface area contributed by atoms with Gasteiger partial charge in [0.2, 0.25) is 0 Å². The molecule has 1 saturated heterocycles. The number of anilines is 1. The van der Waals surface area contributed by atoms with Gasteiger partial charge in [0.25, 0.3) is 0 Å². The normalized spacial score (nSPS) is 22.8. The smallest absolute Gasteiger partial charge is 0.175 e. The lowest BCUT2D eigenvalue weighted by molar-refractivity contribution is 0.600. The minimum atomic E-state index is -3.24. The van der Waals surface area contributed by atoms with Crippen molar-refractivity contribution in [1.82, 2.24) is 0 Å². The van der Waals surface area contributed by atoms with Crippen LogP contribution in [0.2, 0.25) is 0 Å². The Hall–Kier alpha value is -1.08. The van der Waals surface area contributed by atoms with Gasteiger partial charge in [-0.1, -0.05) is 6.07 Å². The molecule has 1 aliphatic rings. The molecule has 18 heavy (non-hydrogen) atoms. The fraction of sp³-hybridized carbons (Fsp3) is 0.455. The van der Waals surface area contributed by atoms with Gasteiger partial charge in [-0.25, -0.2) is 16.8 Å². The fourth-order valence-electron chi connectivity index (χ4n) is 1.96. The van der Waals surface area contributed by atoms with Crippen molar-refractivity contribution in [3.63, 3.8) is 0 Å². The molecule has 100 valence electrons. The van der Waals surface area contributed by atoms with Gasteiger partial charge in [0.05, 0.1) is 16.4 Å². The van der Waals surface area contributed by atoms with Crippen LogP contribution in [0.1, 0.15) is 6.42 Å². The van der Waals surface area contributed by atoms with Gasteiger partial charge in [0, 0.05) is 18.0 Å². The molecule has 0 aromatic heterocycles. The maximum atomic E-state index is 11.4. The van der Waals surface area contributed by atoms with Gasteiger partial charge >= 0.3 is 0 Å². The number of benzene rings is 1. The van der Waals surface area contributed by atoms with E-state index in [1.54, 1.807) is 12.1 Å². The minimum absolute atomic E-state index is 0.107. The Morgan fingerprint density at radius 2 is 2.06 bits per heavy atom. The molecule has 1 fully saturated rings. The van der Waals surface area contributed by atoms with Crippen molar-refractivity contribution in [2.75, 3.05) is 23.1 Å². The van der Waals surface area contributed by atoms with Crippen LogP contribution in [0.15, 0.2) is 29.2 Å². The van der Waals surface area contributed by atoms with Crippen molar-refractivity contribution in [2.24, 2.45) is 0 Å². The second-order valence-corrected chi connectivity index (χ2v) is 8.79. The van der Waals surface area contributed by atoms with Crippen LogP contribution in [0.25, 0.3) is 0 Å². The van der Waals surface area contributed by atoms with Crippen molar-refractivity contribution >= 4 is 25.4 Å². The summed E-state index contributed by atoms with van der Waals surface area (Å²) in [6.45, 7) is 0. The van der Waals surface area contributed by atoms with E-state index in [1.165, 1.54) is 12.1 Å². The van der Waals surface area contributed by atoms with Crippen LogP contribution in [0, 0.1) is 0 Å². The molecular formula is C11H15NO4S2. The Morgan fingerprint density at radius 1 is 1.33 bits per heavy atom. The number of rotatable bonds is 3. The predicted molar refractivity (Wildman–Crippen MR) is 70.2 cm³/mol. The highest BCUT2D eigenvalue weighted by molar-refractivity contribution is 7.91. The van der Waals surface area contributed by atoms with Crippen LogP contribution < -0.4 is 5.32 Å². The highest BCUT2D eigenvalue weighted by Gasteiger charge is 2.27. The number of sulfone groups is 2. The van der Waals surface area contributed by atoms with E-state index in [2.05, 4.69) is 5.32 Å². The number of hydrogen-bond acceptors (Lipinski definition) is 5. The molecule has 1 unspecified atom stereocenters. The van der Waals surface area contributed by atoms with Crippen LogP contribution in [0.3, 0.4) is 0 Å². The molecular weight excluding hydrogens is 274 g/mol. The summed E-state index contributed by atoms with van der Waals surface area (Å²) in [6, 6.07) is 6.29. The fourth-order valence-corrected chi connectivity index (χ4v) is 4.30. The van der Waals surface area contributed by atoms with E-state index in [0.717, 1.165) is 6.26 Å². The van der Waals surface area contributed by atoms with Crippen molar-refractivity contribution < 1.29 is 16.8 Å². The zero-order valence-electron chi connectivity index (χ0n) is 9.96. The molecule has 5 nitrogen and oxygen atoms in total. The van der Waals surface area contributed by atoms with Crippen molar-refractivity contribution in [1.29, 1.82) is 0 Å². The van der Waals surface area contributed by atoms with E-state index >= 15 is 0 Å². The van der Waals surface area contributed by atoms with Crippen LogP contribution >= 0.6 is 0 Å². The van der Waals surface area contributed by atoms with E-state index in [1.807, 2.05) is 0 Å². The van der Waals surface area contributed by atoms with Crippen molar-refractivity contribution in [3.8, 4) is 0 Å². The summed E-state index contributed by atoms with van der Waals surface area (Å²) in [4.78, 5) is 0.230. The van der Waals surface area contributed by atoms with Gasteiger partial charge in [-0.15, -0.1) is 0 Å². The molecule has 1 aromatic rings. The van der Waals surface area contributed by atoms with E-state index in [9.17, 15) is 16.8 Å². The van der Waals surface area contributed by atoms with Crippen molar-refractivity contribution in [2.45, 2.75) is 17.4 Å². The van der Waals surface area contributed by atoms with Crippen LogP contribution in [0.4, 0.5) is 5.69 Å². The van der Waals surface area contributed by atoms with E-state index < -0.39 is 19.7 Å². The molecule has 0 spiro atoms. The first-order chi connectivity index (χ1) is 8.26. The van der Waals surface area contributed by atoms with Gasteiger partial charge in [-0.3, -0.25) is 0 Å². The molecule has 1 atom stereocenters. The van der Waals surface area contributed by atoms with Gasteiger partial charge < -0.3 is 5.32 Å². The first kappa shape index (κ1) is 13.4. The van der Waals surface area contributed by atoms with E-state index in [0.29, 0.717) is 12.1 Å². The lowest BCUT2D eigenvalue weighted by Gasteiger charge is -2.12. The quantitative estimate of drug-likeness (QED) is 0.885. The largest absolute Gasteiger partial charge is 0.381 e. The molecule has 1 aliphatic heterocycles. The van der Waals surface area contributed by atoms with Crippen LogP contribution in [0.5, 0.6) is 0 Å². The molecule has 2 rings (SSSR count). The van der Waals surface area contributed by atoms with Crippen LogP contribution in [-0.4, -0.2) is 40.6 Å². The summed E-state index contributed by atoms with van der Waals surface area (Å²) in [6.07, 6.45) is 1.71. The van der Waals surface area contributed by atoms with Gasteiger partial charge in [-0.05, 0) is 24.6 Å². The summed E-state index contributed by atoms with van der Waals surface area (Å²) in [5.41, 5.74) is 0.639. The standard InChI is InChI=1S/C11H15NO4S2/c1-17(13,14)11-4-2-3-9(7-11)12-10-5-6-18(15,16)8-10/h2-4,7,10,12H,5-6,8H2,1H3. The second-order valence-electron chi connectivity index (χ2n) is 4.54. The first-order valence-electron chi connectivity index (χ1n) is 5.53. The number of hydrogen-bond donors (Lipinski definition) is 1. The molecule has 1 aromatic carbocycles. The Kier molecular flexibility index (Phi) is 3.37. The zero-order valence-corrected chi connectivity index (χ0v) is 11.6. The molecule has 0 aliphatic carbocycles. The van der Waals surface area contributed by atoms with E-state index in [4.69, 9.17) is 0 Å². The summed E-state index contributed by atoms with van der Waals surface area (Å²) in [5, 5.41) is 3.07. The molecule has 0 amide bonds. The third kappa shape index (κ3) is 3.23. The number of nitrogens with one attached hydrogen (secondary N) is 1. The topological polar surface area (TPSA) is 80.3 Å². The third-order valence-corrected chi connectivity index (χ3v) is 5.74. The molecule has 0 bridgehead atoms. The van der Waals surface area contributed by atoms with Gasteiger partial charge in [0.15, 0.2) is 19.7 Å². The minimum Gasteiger partial charge on any atom is -0.381 e. The zero-order chi connectivity index (χ0) is 13.4. The summed E-state index contributed by atoms with van der Waals surface area (Å²) in [7, 11) is -6.17. The summed E-state index contributed by atoms with van der Waals surface area (Å²) >= 11 is 0. The highest BCUT2D eigenvalue weighted by Crippen LogP contribution is 2.20. The molecule has 1 N–H and O–H groups in total. The summed E-state index contributed by atoms with van der Waals surface area (Å²) < 4.78 is 45.4. The van der Waals surface area contributed by atoms with E-state index in [-0.39, 0.29) is 22.4 Å². The van der Waals surface area contributed by atoms with Gasteiger partial charge in [-0.2, -0.15) is 0 Å². The predicted octanol–water partition coefficient (Wildman–Crippen LogP) is 0.689. The SMILES string of the molecule is CS(=O)(=O)c1cccc(NC2CCS(=O)(=O)C2)c1. The third-order valence-electron chi connectivity index (χ3n) is 2.87. The maximum absolute atomic E-state index is 11.4. The van der Waals surface area contributed by atoms with Crippen LogP contribution in [-0.2, 0) is 19.7 Å². The maximum Gasteiger partial charge on any atom is 0.175 e. The molecule has 1 heterocycles. The molecule has 0 saturated carbocycles. The van der Waals surface area contributed by atoms with Crippen molar-refractivity contribution in [3.05, 3.63) is 24.3 Å². The Morgan fingerprint density at radius 3 is 2.61 bits per heavy atom. The highest BCUT2D eigenvalue weighted by atomic mass is 32.2. The molecule has 7 heteroatoms. The Bertz CT molecular complexity index is 649. The average Bonchev–Trinajstić information content (AvgIpc) is 2.57. The van der Waals surface area contributed by atoms with Gasteiger partial charge in [0.1, 0.15) is 0 Å². The lowest BCUT2D eigenvalue weighted by Crippen LogP contribution is -2.20.